The summed E-state index contributed by atoms with van der Waals surface area (Å²) >= 11 is 0. The van der Waals surface area contributed by atoms with E-state index < -0.39 is 23.9 Å². The van der Waals surface area contributed by atoms with Crippen LogP contribution in [0.4, 0.5) is 0 Å². The van der Waals surface area contributed by atoms with Gasteiger partial charge in [0, 0.05) is 18.9 Å². The first-order valence-corrected chi connectivity index (χ1v) is 5.28. The number of hydrogen-bond donors (Lipinski definition) is 4. The molecule has 17 heavy (non-hydrogen) atoms. The summed E-state index contributed by atoms with van der Waals surface area (Å²) in [7, 11) is 1.68. The Kier molecular flexibility index (Phi) is 6.88. The van der Waals surface area contributed by atoms with Gasteiger partial charge in [-0.2, -0.15) is 0 Å². The van der Waals surface area contributed by atoms with Crippen LogP contribution in [0.15, 0.2) is 0 Å². The maximum absolute atomic E-state index is 11.5. The van der Waals surface area contributed by atoms with Crippen molar-refractivity contribution < 1.29 is 24.6 Å². The van der Waals surface area contributed by atoms with Crippen molar-refractivity contribution in [3.63, 3.8) is 0 Å². The fourth-order valence-electron chi connectivity index (χ4n) is 1.24. The number of rotatable bonds is 8. The monoisotopic (exact) mass is 246 g/mol. The Labute approximate surface area is 99.2 Å². The van der Waals surface area contributed by atoms with Crippen molar-refractivity contribution in [3.8, 4) is 0 Å². The third kappa shape index (κ3) is 6.52. The Hall–Kier alpha value is -1.63. The maximum atomic E-state index is 11.5. The molecule has 7 heteroatoms. The Morgan fingerprint density at radius 2 is 1.82 bits per heavy atom. The topological polar surface area (TPSA) is 116 Å². The van der Waals surface area contributed by atoms with Crippen molar-refractivity contribution in [2.24, 2.45) is 5.92 Å². The third-order valence-electron chi connectivity index (χ3n) is 2.22. The molecular weight excluding hydrogens is 228 g/mol. The molecule has 0 rings (SSSR count). The van der Waals surface area contributed by atoms with Crippen LogP contribution in [0.2, 0.25) is 0 Å². The summed E-state index contributed by atoms with van der Waals surface area (Å²) in [4.78, 5) is 32.7. The van der Waals surface area contributed by atoms with Crippen LogP contribution in [0.3, 0.4) is 0 Å². The van der Waals surface area contributed by atoms with E-state index in [1.54, 1.807) is 14.0 Å². The second-order valence-corrected chi connectivity index (χ2v) is 3.79. The van der Waals surface area contributed by atoms with E-state index >= 15 is 0 Å². The molecule has 0 aliphatic carbocycles. The van der Waals surface area contributed by atoms with Crippen molar-refractivity contribution in [1.29, 1.82) is 0 Å². The van der Waals surface area contributed by atoms with E-state index in [0.29, 0.717) is 6.54 Å². The number of amides is 1. The molecule has 0 aliphatic heterocycles. The zero-order chi connectivity index (χ0) is 13.4. The molecule has 0 saturated carbocycles. The highest BCUT2D eigenvalue weighted by Crippen LogP contribution is 2.01. The van der Waals surface area contributed by atoms with Gasteiger partial charge in [0.2, 0.25) is 5.91 Å². The molecule has 7 nitrogen and oxygen atoms in total. The minimum Gasteiger partial charge on any atom is -0.481 e. The average Bonchev–Trinajstić information content (AvgIpc) is 2.23. The smallest absolute Gasteiger partial charge is 0.326 e. The molecule has 4 N–H and O–H groups in total. The van der Waals surface area contributed by atoms with Gasteiger partial charge in [0.15, 0.2) is 0 Å². The van der Waals surface area contributed by atoms with E-state index in [9.17, 15) is 14.4 Å². The maximum Gasteiger partial charge on any atom is 0.326 e. The number of aliphatic carboxylic acids is 2. The first kappa shape index (κ1) is 15.4. The molecule has 0 heterocycles. The van der Waals surface area contributed by atoms with Gasteiger partial charge in [-0.25, -0.2) is 4.79 Å². The minimum absolute atomic E-state index is 0.122. The lowest BCUT2D eigenvalue weighted by molar-refractivity contribution is -0.143. The number of carboxylic acids is 2. The molecule has 0 aromatic carbocycles. The van der Waals surface area contributed by atoms with Crippen molar-refractivity contribution in [1.82, 2.24) is 10.6 Å². The molecule has 1 unspecified atom stereocenters. The van der Waals surface area contributed by atoms with Gasteiger partial charge in [0.25, 0.3) is 0 Å². The lowest BCUT2D eigenvalue weighted by Gasteiger charge is -2.17. The highest BCUT2D eigenvalue weighted by Gasteiger charge is 2.23. The minimum atomic E-state index is -1.23. The number of nitrogens with one attached hydrogen (secondary N) is 2. The Morgan fingerprint density at radius 1 is 1.24 bits per heavy atom. The molecule has 0 fully saturated rings. The standard InChI is InChI=1S/C10H18N2O5/c1-6(5-11-2)9(15)12-7(10(16)17)3-4-8(13)14/h6-7,11H,3-5H2,1-2H3,(H,12,15)(H,13,14)(H,16,17)/t6?,7-/m0/s1. The second-order valence-electron chi connectivity index (χ2n) is 3.79. The Morgan fingerprint density at radius 3 is 2.24 bits per heavy atom. The van der Waals surface area contributed by atoms with E-state index in [4.69, 9.17) is 10.2 Å². The lowest BCUT2D eigenvalue weighted by atomic mass is 10.1. The molecule has 0 spiro atoms. The van der Waals surface area contributed by atoms with Gasteiger partial charge < -0.3 is 20.8 Å². The van der Waals surface area contributed by atoms with Gasteiger partial charge in [-0.3, -0.25) is 9.59 Å². The SMILES string of the molecule is CNCC(C)C(=O)N[C@@H](CCC(=O)O)C(=O)O. The van der Waals surface area contributed by atoms with Gasteiger partial charge in [-0.1, -0.05) is 6.92 Å². The zero-order valence-corrected chi connectivity index (χ0v) is 9.90. The third-order valence-corrected chi connectivity index (χ3v) is 2.22. The zero-order valence-electron chi connectivity index (χ0n) is 9.90. The van der Waals surface area contributed by atoms with E-state index in [1.165, 1.54) is 0 Å². The summed E-state index contributed by atoms with van der Waals surface area (Å²) in [5.41, 5.74) is 0. The number of carbonyl (C=O) groups is 3. The van der Waals surface area contributed by atoms with Gasteiger partial charge in [-0.05, 0) is 13.5 Å². The molecule has 0 saturated heterocycles. The van der Waals surface area contributed by atoms with Crippen molar-refractivity contribution in [2.45, 2.75) is 25.8 Å². The van der Waals surface area contributed by atoms with Crippen LogP contribution in [-0.2, 0) is 14.4 Å². The molecular formula is C10H18N2O5. The van der Waals surface area contributed by atoms with E-state index in [2.05, 4.69) is 10.6 Å². The average molecular weight is 246 g/mol. The normalized spacial score (nSPS) is 13.8. The van der Waals surface area contributed by atoms with Gasteiger partial charge in [0.05, 0.1) is 0 Å². The number of hydrogen-bond acceptors (Lipinski definition) is 4. The molecule has 0 radical (unpaired) electrons. The summed E-state index contributed by atoms with van der Waals surface area (Å²) in [5.74, 6) is -3.09. The van der Waals surface area contributed by atoms with E-state index in [-0.39, 0.29) is 18.8 Å². The summed E-state index contributed by atoms with van der Waals surface area (Å²) in [5, 5.41) is 22.4. The van der Waals surface area contributed by atoms with Crippen LogP contribution in [0.25, 0.3) is 0 Å². The fraction of sp³-hybridized carbons (Fsp3) is 0.700. The Bertz CT molecular complexity index is 292. The molecule has 0 bridgehead atoms. The first-order chi connectivity index (χ1) is 7.88. The summed E-state index contributed by atoms with van der Waals surface area (Å²) < 4.78 is 0. The van der Waals surface area contributed by atoms with Gasteiger partial charge in [-0.15, -0.1) is 0 Å². The highest BCUT2D eigenvalue weighted by atomic mass is 16.4. The predicted molar refractivity (Wildman–Crippen MR) is 59.5 cm³/mol. The van der Waals surface area contributed by atoms with Crippen LogP contribution in [0, 0.1) is 5.92 Å². The summed E-state index contributed by atoms with van der Waals surface area (Å²) in [6.07, 6.45) is -0.416. The van der Waals surface area contributed by atoms with Crippen molar-refractivity contribution in [3.05, 3.63) is 0 Å². The lowest BCUT2D eigenvalue weighted by Crippen LogP contribution is -2.45. The molecule has 2 atom stereocenters. The molecule has 0 aromatic heterocycles. The van der Waals surface area contributed by atoms with Crippen LogP contribution >= 0.6 is 0 Å². The molecule has 0 aliphatic rings. The summed E-state index contributed by atoms with van der Waals surface area (Å²) in [6.45, 7) is 2.08. The van der Waals surface area contributed by atoms with Crippen LogP contribution in [-0.4, -0.2) is 47.7 Å². The van der Waals surface area contributed by atoms with Crippen molar-refractivity contribution >= 4 is 17.8 Å². The van der Waals surface area contributed by atoms with Crippen LogP contribution in [0.1, 0.15) is 19.8 Å². The van der Waals surface area contributed by atoms with E-state index in [1.807, 2.05) is 0 Å². The number of carboxylic acid groups (broad SMARTS) is 2. The predicted octanol–water partition coefficient (Wildman–Crippen LogP) is -0.724. The Balaban J connectivity index is 4.29. The van der Waals surface area contributed by atoms with Crippen molar-refractivity contribution in [2.75, 3.05) is 13.6 Å². The number of carbonyl (C=O) groups excluding carboxylic acids is 1. The highest BCUT2D eigenvalue weighted by molar-refractivity contribution is 5.85. The van der Waals surface area contributed by atoms with Gasteiger partial charge >= 0.3 is 11.9 Å². The van der Waals surface area contributed by atoms with E-state index in [0.717, 1.165) is 0 Å². The molecule has 0 aromatic rings. The first-order valence-electron chi connectivity index (χ1n) is 5.28. The largest absolute Gasteiger partial charge is 0.481 e. The van der Waals surface area contributed by atoms with Crippen LogP contribution in [0.5, 0.6) is 0 Å². The fourth-order valence-corrected chi connectivity index (χ4v) is 1.24. The molecule has 1 amide bonds. The second kappa shape index (κ2) is 7.61. The molecule has 98 valence electrons. The van der Waals surface area contributed by atoms with Crippen LogP contribution < -0.4 is 10.6 Å². The quantitative estimate of drug-likeness (QED) is 0.449. The summed E-state index contributed by atoms with van der Waals surface area (Å²) in [6, 6.07) is -1.15. The van der Waals surface area contributed by atoms with Gasteiger partial charge in [0.1, 0.15) is 6.04 Å².